The van der Waals surface area contributed by atoms with Crippen molar-refractivity contribution in [3.63, 3.8) is 0 Å². The van der Waals surface area contributed by atoms with E-state index in [2.05, 4.69) is 4.98 Å². The van der Waals surface area contributed by atoms with E-state index in [4.69, 9.17) is 9.15 Å². The Morgan fingerprint density at radius 1 is 1.35 bits per heavy atom. The summed E-state index contributed by atoms with van der Waals surface area (Å²) < 4.78 is 47.2. The van der Waals surface area contributed by atoms with E-state index in [9.17, 15) is 17.8 Å². The van der Waals surface area contributed by atoms with Crippen LogP contribution in [0.25, 0.3) is 21.7 Å². The fraction of sp³-hybridized carbons (Fsp3) is 0.294. The Morgan fingerprint density at radius 3 is 2.96 bits per heavy atom. The molecule has 1 atom stereocenters. The van der Waals surface area contributed by atoms with Crippen molar-refractivity contribution in [1.82, 2.24) is 4.98 Å². The monoisotopic (exact) mass is 397 g/mol. The Balaban J connectivity index is 1.82. The molecular formula is C17H13F2NO4S2. The lowest BCUT2D eigenvalue weighted by atomic mass is 10.1. The van der Waals surface area contributed by atoms with Gasteiger partial charge in [0.15, 0.2) is 0 Å². The number of hydrogen-bond acceptors (Lipinski definition) is 6. The number of halogens is 2. The Morgan fingerprint density at radius 2 is 2.15 bits per heavy atom. The number of para-hydroxylation sites is 1. The number of nitrogens with zero attached hydrogens (tertiary/aromatic N) is 1. The predicted molar refractivity (Wildman–Crippen MR) is 95.5 cm³/mol. The smallest absolute Gasteiger partial charge is 0.348 e. The Kier molecular flexibility index (Phi) is 4.58. The lowest BCUT2D eigenvalue weighted by molar-refractivity contribution is 0.0821. The van der Waals surface area contributed by atoms with Gasteiger partial charge in [-0.15, -0.1) is 11.3 Å². The van der Waals surface area contributed by atoms with Crippen LogP contribution in [0.15, 0.2) is 33.5 Å². The SMILES string of the molecule is O=c1oc(-c2ccccc2OCC(F)F)nc2sc3c(c12)CCS(=O)C3. The van der Waals surface area contributed by atoms with E-state index in [0.29, 0.717) is 33.7 Å². The topological polar surface area (TPSA) is 69.4 Å². The standard InChI is InChI=1S/C17H13F2NO4S2/c18-13(19)7-23-11-4-2-1-3-9(11)15-20-16-14(17(21)24-15)10-5-6-26(22)8-12(10)25-16/h1-4,13H,5-8H2. The van der Waals surface area contributed by atoms with Crippen LogP contribution >= 0.6 is 11.3 Å². The molecule has 3 heterocycles. The Hall–Kier alpha value is -2.13. The van der Waals surface area contributed by atoms with E-state index in [1.807, 2.05) is 0 Å². The van der Waals surface area contributed by atoms with Crippen molar-refractivity contribution < 1.29 is 22.1 Å². The minimum absolute atomic E-state index is 0.0204. The van der Waals surface area contributed by atoms with Gasteiger partial charge in [-0.2, -0.15) is 0 Å². The highest BCUT2D eigenvalue weighted by Gasteiger charge is 2.24. The van der Waals surface area contributed by atoms with Crippen molar-refractivity contribution in [1.29, 1.82) is 0 Å². The summed E-state index contributed by atoms with van der Waals surface area (Å²) in [4.78, 5) is 18.3. The summed E-state index contributed by atoms with van der Waals surface area (Å²) in [7, 11) is -0.928. The van der Waals surface area contributed by atoms with Crippen LogP contribution in [0.1, 0.15) is 10.4 Å². The van der Waals surface area contributed by atoms with Crippen LogP contribution in [0.5, 0.6) is 5.75 Å². The number of aryl methyl sites for hydroxylation is 1. The number of fused-ring (bicyclic) bond motifs is 3. The third kappa shape index (κ3) is 3.16. The van der Waals surface area contributed by atoms with Crippen molar-refractivity contribution in [2.45, 2.75) is 18.6 Å². The predicted octanol–water partition coefficient (Wildman–Crippen LogP) is 3.37. The molecule has 0 saturated heterocycles. The maximum atomic E-state index is 12.5. The highest BCUT2D eigenvalue weighted by molar-refractivity contribution is 7.84. The third-order valence-corrected chi connectivity index (χ3v) is 6.60. The first-order valence-electron chi connectivity index (χ1n) is 7.83. The normalized spacial score (nSPS) is 16.8. The fourth-order valence-electron chi connectivity index (χ4n) is 2.89. The van der Waals surface area contributed by atoms with Gasteiger partial charge in [0.2, 0.25) is 5.89 Å². The molecular weight excluding hydrogens is 384 g/mol. The fourth-order valence-corrected chi connectivity index (χ4v) is 5.56. The summed E-state index contributed by atoms with van der Waals surface area (Å²) in [6, 6.07) is 6.44. The van der Waals surface area contributed by atoms with Gasteiger partial charge in [0, 0.05) is 21.4 Å². The van der Waals surface area contributed by atoms with Gasteiger partial charge in [-0.3, -0.25) is 4.21 Å². The number of hydrogen-bond donors (Lipinski definition) is 0. The summed E-state index contributed by atoms with van der Waals surface area (Å²) in [5.74, 6) is 1.13. The summed E-state index contributed by atoms with van der Waals surface area (Å²) in [6.07, 6.45) is -2.06. The van der Waals surface area contributed by atoms with Crippen molar-refractivity contribution in [3.8, 4) is 17.2 Å². The second kappa shape index (κ2) is 6.88. The summed E-state index contributed by atoms with van der Waals surface area (Å²) >= 11 is 1.33. The van der Waals surface area contributed by atoms with Gasteiger partial charge < -0.3 is 9.15 Å². The molecule has 1 aliphatic heterocycles. The van der Waals surface area contributed by atoms with Crippen molar-refractivity contribution in [2.24, 2.45) is 0 Å². The molecule has 1 aliphatic rings. The maximum absolute atomic E-state index is 12.5. The minimum Gasteiger partial charge on any atom is -0.487 e. The van der Waals surface area contributed by atoms with Crippen LogP contribution < -0.4 is 10.4 Å². The molecule has 136 valence electrons. The maximum Gasteiger partial charge on any atom is 0.348 e. The van der Waals surface area contributed by atoms with Crippen LogP contribution in [-0.2, 0) is 23.0 Å². The number of rotatable bonds is 4. The number of alkyl halides is 2. The molecule has 0 fully saturated rings. The highest BCUT2D eigenvalue weighted by atomic mass is 32.2. The molecule has 5 nitrogen and oxygen atoms in total. The first kappa shape index (κ1) is 17.3. The summed E-state index contributed by atoms with van der Waals surface area (Å²) in [5, 5.41) is 0.427. The van der Waals surface area contributed by atoms with Crippen LogP contribution in [0.2, 0.25) is 0 Å². The molecule has 0 radical (unpaired) electrons. The molecule has 1 unspecified atom stereocenters. The average Bonchev–Trinajstić information content (AvgIpc) is 2.97. The van der Waals surface area contributed by atoms with E-state index >= 15 is 0 Å². The molecule has 0 aliphatic carbocycles. The number of thiophene rings is 1. The highest BCUT2D eigenvalue weighted by Crippen LogP contribution is 2.35. The zero-order chi connectivity index (χ0) is 18.3. The molecule has 1 aromatic carbocycles. The Labute approximate surface area is 153 Å². The molecule has 0 amide bonds. The lowest BCUT2D eigenvalue weighted by Gasteiger charge is -2.10. The van der Waals surface area contributed by atoms with Crippen LogP contribution in [0, 0.1) is 0 Å². The second-order valence-electron chi connectivity index (χ2n) is 5.73. The van der Waals surface area contributed by atoms with Gasteiger partial charge in [0.25, 0.3) is 6.43 Å². The zero-order valence-corrected chi connectivity index (χ0v) is 15.0. The molecule has 0 spiro atoms. The molecule has 26 heavy (non-hydrogen) atoms. The third-order valence-electron chi connectivity index (χ3n) is 4.02. The van der Waals surface area contributed by atoms with Gasteiger partial charge >= 0.3 is 5.63 Å². The van der Waals surface area contributed by atoms with Crippen LogP contribution in [0.4, 0.5) is 8.78 Å². The molecule has 0 saturated carbocycles. The van der Waals surface area contributed by atoms with Gasteiger partial charge in [0.1, 0.15) is 22.6 Å². The zero-order valence-electron chi connectivity index (χ0n) is 13.4. The molecule has 0 bridgehead atoms. The van der Waals surface area contributed by atoms with Crippen molar-refractivity contribution >= 4 is 32.4 Å². The summed E-state index contributed by atoms with van der Waals surface area (Å²) in [5.41, 5.74) is 0.667. The second-order valence-corrected chi connectivity index (χ2v) is 8.39. The quantitative estimate of drug-likeness (QED) is 0.675. The van der Waals surface area contributed by atoms with E-state index < -0.39 is 29.5 Å². The van der Waals surface area contributed by atoms with E-state index in [-0.39, 0.29) is 11.6 Å². The summed E-state index contributed by atoms with van der Waals surface area (Å²) in [6.45, 7) is -0.761. The van der Waals surface area contributed by atoms with Gasteiger partial charge in [0.05, 0.1) is 11.3 Å². The lowest BCUT2D eigenvalue weighted by Crippen LogP contribution is -2.13. The molecule has 9 heteroatoms. The number of ether oxygens (including phenoxy) is 1. The minimum atomic E-state index is -2.62. The largest absolute Gasteiger partial charge is 0.487 e. The number of aromatic nitrogens is 1. The van der Waals surface area contributed by atoms with E-state index in [1.54, 1.807) is 18.2 Å². The molecule has 3 aromatic rings. The first-order chi connectivity index (χ1) is 12.5. The molecule has 0 N–H and O–H groups in total. The van der Waals surface area contributed by atoms with Crippen molar-refractivity contribution in [3.05, 3.63) is 45.1 Å². The number of benzene rings is 1. The Bertz CT molecular complexity index is 1060. The molecule has 2 aromatic heterocycles. The average molecular weight is 397 g/mol. The van der Waals surface area contributed by atoms with Gasteiger partial charge in [-0.25, -0.2) is 18.6 Å². The first-order valence-corrected chi connectivity index (χ1v) is 10.1. The molecule has 4 rings (SSSR count). The van der Waals surface area contributed by atoms with E-state index in [1.165, 1.54) is 17.4 Å². The van der Waals surface area contributed by atoms with Crippen LogP contribution in [0.3, 0.4) is 0 Å². The van der Waals surface area contributed by atoms with Gasteiger partial charge in [-0.1, -0.05) is 12.1 Å². The van der Waals surface area contributed by atoms with Crippen LogP contribution in [-0.4, -0.2) is 28.0 Å². The van der Waals surface area contributed by atoms with Crippen molar-refractivity contribution in [2.75, 3.05) is 12.4 Å². The van der Waals surface area contributed by atoms with E-state index in [0.717, 1.165) is 10.4 Å². The van der Waals surface area contributed by atoms with Gasteiger partial charge in [-0.05, 0) is 24.1 Å².